The first-order valence-corrected chi connectivity index (χ1v) is 4.27. The number of aryl methyl sites for hydroxylation is 1. The van der Waals surface area contributed by atoms with Crippen LogP contribution in [0, 0.1) is 0 Å². The highest BCUT2D eigenvalue weighted by Gasteiger charge is 2.27. The monoisotopic (exact) mass is 195 g/mol. The molecule has 0 saturated carbocycles. The van der Waals surface area contributed by atoms with E-state index in [-0.39, 0.29) is 5.78 Å². The minimum Gasteiger partial charge on any atom is -0.468 e. The molecule has 0 saturated heterocycles. The highest BCUT2D eigenvalue weighted by Crippen LogP contribution is 2.18. The first-order chi connectivity index (χ1) is 6.57. The fourth-order valence-electron chi connectivity index (χ4n) is 1.39. The molecule has 0 aliphatic heterocycles. The molecule has 1 rings (SSSR count). The zero-order valence-corrected chi connectivity index (χ0v) is 8.48. The molecule has 0 radical (unpaired) electrons. The van der Waals surface area contributed by atoms with E-state index >= 15 is 0 Å². The molecule has 1 heterocycles. The van der Waals surface area contributed by atoms with E-state index in [1.807, 2.05) is 0 Å². The maximum absolute atomic E-state index is 11.3. The topological polar surface area (TPSA) is 48.3 Å². The maximum atomic E-state index is 11.3. The molecule has 0 aromatic carbocycles. The van der Waals surface area contributed by atoms with Crippen molar-refractivity contribution in [1.29, 1.82) is 0 Å². The lowest BCUT2D eigenvalue weighted by atomic mass is 10.0. The summed E-state index contributed by atoms with van der Waals surface area (Å²) < 4.78 is 6.32. The van der Waals surface area contributed by atoms with Gasteiger partial charge < -0.3 is 9.30 Å². The highest BCUT2D eigenvalue weighted by atomic mass is 16.5. The van der Waals surface area contributed by atoms with Gasteiger partial charge in [-0.05, 0) is 19.1 Å². The lowest BCUT2D eigenvalue weighted by Crippen LogP contribution is -2.23. The normalized spacial score (nSPS) is 12.2. The number of hydrogen-bond donors (Lipinski definition) is 0. The Kier molecular flexibility index (Phi) is 3.06. The standard InChI is InChI=1S/C10H13NO3/c1-7(12)9(10(13)14-3)8-5-4-6-11(8)2/h4-6,9H,1-3H3. The van der Waals surface area contributed by atoms with E-state index in [1.54, 1.807) is 29.9 Å². The second kappa shape index (κ2) is 4.09. The number of Topliss-reactive ketones (excluding diaryl/α,β-unsaturated/α-hetero) is 1. The molecule has 0 spiro atoms. The number of aromatic nitrogens is 1. The Balaban J connectivity index is 3.07. The number of nitrogens with zero attached hydrogens (tertiary/aromatic N) is 1. The van der Waals surface area contributed by atoms with Crippen molar-refractivity contribution >= 4 is 11.8 Å². The average molecular weight is 195 g/mol. The highest BCUT2D eigenvalue weighted by molar-refractivity contribution is 6.02. The second-order valence-corrected chi connectivity index (χ2v) is 3.11. The number of carbonyl (C=O) groups excluding carboxylic acids is 2. The van der Waals surface area contributed by atoms with Gasteiger partial charge in [-0.15, -0.1) is 0 Å². The van der Waals surface area contributed by atoms with E-state index in [0.29, 0.717) is 5.69 Å². The summed E-state index contributed by atoms with van der Waals surface area (Å²) in [5.41, 5.74) is 0.657. The Hall–Kier alpha value is -1.58. The predicted octanol–water partition coefficient (Wildman–Crippen LogP) is 0.871. The average Bonchev–Trinajstić information content (AvgIpc) is 2.52. The molecule has 1 unspecified atom stereocenters. The number of ether oxygens (including phenoxy) is 1. The van der Waals surface area contributed by atoms with Gasteiger partial charge in [0.15, 0.2) is 5.92 Å². The molecule has 76 valence electrons. The molecule has 4 heteroatoms. The van der Waals surface area contributed by atoms with E-state index < -0.39 is 11.9 Å². The van der Waals surface area contributed by atoms with Crippen LogP contribution in [0.15, 0.2) is 18.3 Å². The second-order valence-electron chi connectivity index (χ2n) is 3.11. The maximum Gasteiger partial charge on any atom is 0.322 e. The molecule has 14 heavy (non-hydrogen) atoms. The Morgan fingerprint density at radius 1 is 1.50 bits per heavy atom. The molecular weight excluding hydrogens is 182 g/mol. The number of carbonyl (C=O) groups is 2. The Morgan fingerprint density at radius 2 is 2.14 bits per heavy atom. The predicted molar refractivity (Wildman–Crippen MR) is 50.9 cm³/mol. The van der Waals surface area contributed by atoms with Crippen molar-refractivity contribution in [3.05, 3.63) is 24.0 Å². The van der Waals surface area contributed by atoms with Crippen LogP contribution in [-0.2, 0) is 21.4 Å². The van der Waals surface area contributed by atoms with Crippen LogP contribution < -0.4 is 0 Å². The van der Waals surface area contributed by atoms with E-state index in [0.717, 1.165) is 0 Å². The van der Waals surface area contributed by atoms with E-state index in [2.05, 4.69) is 4.74 Å². The SMILES string of the molecule is COC(=O)C(C(C)=O)c1cccn1C. The van der Waals surface area contributed by atoms with E-state index in [9.17, 15) is 9.59 Å². The third-order valence-corrected chi connectivity index (χ3v) is 2.12. The van der Waals surface area contributed by atoms with Gasteiger partial charge in [0.1, 0.15) is 5.78 Å². The number of methoxy groups -OCH3 is 1. The molecule has 0 amide bonds. The summed E-state index contributed by atoms with van der Waals surface area (Å²) in [5, 5.41) is 0. The molecular formula is C10H13NO3. The zero-order chi connectivity index (χ0) is 10.7. The summed E-state index contributed by atoms with van der Waals surface area (Å²) in [4.78, 5) is 22.6. The van der Waals surface area contributed by atoms with Crippen LogP contribution in [0.25, 0.3) is 0 Å². The number of ketones is 1. The Morgan fingerprint density at radius 3 is 2.50 bits per heavy atom. The van der Waals surface area contributed by atoms with Crippen molar-refractivity contribution in [3.63, 3.8) is 0 Å². The molecule has 1 atom stereocenters. The van der Waals surface area contributed by atoms with Gasteiger partial charge in [0.25, 0.3) is 0 Å². The summed E-state index contributed by atoms with van der Waals surface area (Å²) in [6.07, 6.45) is 1.79. The number of hydrogen-bond acceptors (Lipinski definition) is 3. The molecule has 1 aromatic heterocycles. The van der Waals surface area contributed by atoms with Crippen LogP contribution in [0.2, 0.25) is 0 Å². The van der Waals surface area contributed by atoms with Gasteiger partial charge in [-0.25, -0.2) is 0 Å². The van der Waals surface area contributed by atoms with Crippen molar-refractivity contribution in [2.45, 2.75) is 12.8 Å². The lowest BCUT2D eigenvalue weighted by molar-refractivity contribution is -0.145. The molecule has 0 N–H and O–H groups in total. The first-order valence-electron chi connectivity index (χ1n) is 4.27. The van der Waals surface area contributed by atoms with Gasteiger partial charge >= 0.3 is 5.97 Å². The fourth-order valence-corrected chi connectivity index (χ4v) is 1.39. The van der Waals surface area contributed by atoms with Crippen molar-refractivity contribution in [2.75, 3.05) is 7.11 Å². The van der Waals surface area contributed by atoms with Crippen LogP contribution in [0.1, 0.15) is 18.5 Å². The van der Waals surface area contributed by atoms with Crippen molar-refractivity contribution in [2.24, 2.45) is 7.05 Å². The molecule has 0 aliphatic carbocycles. The molecule has 0 aliphatic rings. The molecule has 1 aromatic rings. The largest absolute Gasteiger partial charge is 0.468 e. The summed E-state index contributed by atoms with van der Waals surface area (Å²) in [6.45, 7) is 1.38. The van der Waals surface area contributed by atoms with Gasteiger partial charge in [0, 0.05) is 18.9 Å². The van der Waals surface area contributed by atoms with Crippen LogP contribution in [-0.4, -0.2) is 23.4 Å². The minimum atomic E-state index is -0.806. The fraction of sp³-hybridized carbons (Fsp3) is 0.400. The summed E-state index contributed by atoms with van der Waals surface area (Å²) >= 11 is 0. The summed E-state index contributed by atoms with van der Waals surface area (Å²) in [6, 6.07) is 3.52. The van der Waals surface area contributed by atoms with E-state index in [1.165, 1.54) is 14.0 Å². The van der Waals surface area contributed by atoms with Gasteiger partial charge in [0.05, 0.1) is 7.11 Å². The van der Waals surface area contributed by atoms with Gasteiger partial charge in [-0.2, -0.15) is 0 Å². The van der Waals surface area contributed by atoms with Crippen LogP contribution in [0.5, 0.6) is 0 Å². The number of rotatable bonds is 3. The van der Waals surface area contributed by atoms with Gasteiger partial charge in [-0.3, -0.25) is 9.59 Å². The lowest BCUT2D eigenvalue weighted by Gasteiger charge is -2.12. The van der Waals surface area contributed by atoms with Crippen molar-refractivity contribution in [3.8, 4) is 0 Å². The van der Waals surface area contributed by atoms with Crippen molar-refractivity contribution < 1.29 is 14.3 Å². The summed E-state index contributed by atoms with van der Waals surface area (Å²) in [7, 11) is 3.06. The van der Waals surface area contributed by atoms with Crippen LogP contribution in [0.3, 0.4) is 0 Å². The Labute approximate surface area is 82.5 Å². The van der Waals surface area contributed by atoms with E-state index in [4.69, 9.17) is 0 Å². The van der Waals surface area contributed by atoms with Crippen LogP contribution >= 0.6 is 0 Å². The van der Waals surface area contributed by atoms with Crippen molar-refractivity contribution in [1.82, 2.24) is 4.57 Å². The molecule has 0 fully saturated rings. The third-order valence-electron chi connectivity index (χ3n) is 2.12. The Bertz CT molecular complexity index is 354. The smallest absolute Gasteiger partial charge is 0.322 e. The van der Waals surface area contributed by atoms with Gasteiger partial charge in [0.2, 0.25) is 0 Å². The quantitative estimate of drug-likeness (QED) is 0.531. The third kappa shape index (κ3) is 1.84. The minimum absolute atomic E-state index is 0.210. The number of esters is 1. The first kappa shape index (κ1) is 10.5. The zero-order valence-electron chi connectivity index (χ0n) is 8.48. The molecule has 0 bridgehead atoms. The molecule has 4 nitrogen and oxygen atoms in total. The van der Waals surface area contributed by atoms with Crippen LogP contribution in [0.4, 0.5) is 0 Å². The van der Waals surface area contributed by atoms with Gasteiger partial charge in [-0.1, -0.05) is 0 Å². The summed E-state index contributed by atoms with van der Waals surface area (Å²) in [5.74, 6) is -1.53.